The molecule has 11 heavy (non-hydrogen) atoms. The first kappa shape index (κ1) is 10.4. The minimum Gasteiger partial charge on any atom is -0.356 e. The van der Waals surface area contributed by atoms with Crippen LogP contribution in [0.15, 0.2) is 0 Å². The Morgan fingerprint density at radius 2 is 1.82 bits per heavy atom. The highest BCUT2D eigenvalue weighted by atomic mass is 16.2. The zero-order chi connectivity index (χ0) is 8.53. The van der Waals surface area contributed by atoms with Crippen LogP contribution >= 0.6 is 0 Å². The number of rotatable bonds is 6. The van der Waals surface area contributed by atoms with Crippen molar-refractivity contribution in [3.63, 3.8) is 0 Å². The lowest BCUT2D eigenvalue weighted by atomic mass is 10.2. The maximum absolute atomic E-state index is 10.4. The summed E-state index contributed by atoms with van der Waals surface area (Å²) in [4.78, 5) is 10.4. The lowest BCUT2D eigenvalue weighted by molar-refractivity contribution is -0.118. The first-order valence-corrected chi connectivity index (χ1v) is 4.10. The lowest BCUT2D eigenvalue weighted by Crippen LogP contribution is -2.20. The summed E-state index contributed by atoms with van der Waals surface area (Å²) in [6.45, 7) is 2.28. The smallest absolute Gasteiger partial charge is 0.216 e. The van der Waals surface area contributed by atoms with Crippen LogP contribution in [0.3, 0.4) is 0 Å². The second-order valence-electron chi connectivity index (χ2n) is 2.60. The van der Waals surface area contributed by atoms with E-state index in [1.54, 1.807) is 0 Å². The highest BCUT2D eigenvalue weighted by Gasteiger charge is 1.90. The van der Waals surface area contributed by atoms with Crippen LogP contribution in [0.2, 0.25) is 0 Å². The molecule has 0 aromatic carbocycles. The van der Waals surface area contributed by atoms with E-state index in [9.17, 15) is 9.90 Å². The summed E-state index contributed by atoms with van der Waals surface area (Å²) in [5.41, 5.74) is 0. The molecule has 3 heteroatoms. The number of hydrogen-bond donors (Lipinski definition) is 1. The fourth-order valence-corrected chi connectivity index (χ4v) is 0.845. The van der Waals surface area contributed by atoms with Gasteiger partial charge in [-0.1, -0.05) is 12.8 Å². The largest absolute Gasteiger partial charge is 0.356 e. The van der Waals surface area contributed by atoms with E-state index in [1.807, 2.05) is 0 Å². The van der Waals surface area contributed by atoms with E-state index in [-0.39, 0.29) is 12.5 Å². The molecule has 0 atom stereocenters. The Hall–Kier alpha value is -0.570. The molecule has 0 heterocycles. The molecule has 0 rings (SSSR count). The predicted molar refractivity (Wildman–Crippen MR) is 42.7 cm³/mol. The topological polar surface area (TPSA) is 49.0 Å². The van der Waals surface area contributed by atoms with Crippen molar-refractivity contribution in [3.8, 4) is 0 Å². The van der Waals surface area contributed by atoms with E-state index in [0.29, 0.717) is 0 Å². The SMILES string of the molecule is CC(=O)NCCCCCC[O]. The van der Waals surface area contributed by atoms with Gasteiger partial charge in [0.05, 0.1) is 6.61 Å². The fraction of sp³-hybridized carbons (Fsp3) is 0.875. The molecule has 1 N–H and O–H groups in total. The van der Waals surface area contributed by atoms with Gasteiger partial charge in [-0.15, -0.1) is 0 Å². The molecule has 0 saturated heterocycles. The molecule has 0 aromatic heterocycles. The molecule has 65 valence electrons. The van der Waals surface area contributed by atoms with Crippen LogP contribution in [0.1, 0.15) is 32.6 Å². The molecule has 0 spiro atoms. The maximum Gasteiger partial charge on any atom is 0.216 e. The van der Waals surface area contributed by atoms with E-state index in [4.69, 9.17) is 0 Å². The van der Waals surface area contributed by atoms with Gasteiger partial charge in [0.1, 0.15) is 0 Å². The van der Waals surface area contributed by atoms with Crippen molar-refractivity contribution in [1.29, 1.82) is 0 Å². The van der Waals surface area contributed by atoms with Gasteiger partial charge in [0.2, 0.25) is 5.91 Å². The van der Waals surface area contributed by atoms with Crippen molar-refractivity contribution >= 4 is 5.91 Å². The summed E-state index contributed by atoms with van der Waals surface area (Å²) in [6, 6.07) is 0. The van der Waals surface area contributed by atoms with Crippen molar-refractivity contribution in [2.24, 2.45) is 0 Å². The first-order valence-electron chi connectivity index (χ1n) is 4.10. The summed E-state index contributed by atoms with van der Waals surface area (Å²) in [5, 5.41) is 12.7. The van der Waals surface area contributed by atoms with Gasteiger partial charge < -0.3 is 5.32 Å². The third-order valence-electron chi connectivity index (χ3n) is 1.45. The van der Waals surface area contributed by atoms with Crippen LogP contribution in [0, 0.1) is 0 Å². The molecule has 0 bridgehead atoms. The van der Waals surface area contributed by atoms with Gasteiger partial charge in [-0.3, -0.25) is 4.79 Å². The Morgan fingerprint density at radius 1 is 1.18 bits per heavy atom. The summed E-state index contributed by atoms with van der Waals surface area (Å²) >= 11 is 0. The molecule has 0 fully saturated rings. The number of nitrogens with one attached hydrogen (secondary N) is 1. The Balaban J connectivity index is 2.85. The maximum atomic E-state index is 10.4. The molecule has 3 nitrogen and oxygen atoms in total. The Morgan fingerprint density at radius 3 is 2.36 bits per heavy atom. The van der Waals surface area contributed by atoms with Crippen LogP contribution in [-0.2, 0) is 9.90 Å². The minimum atomic E-state index is 0.0221. The van der Waals surface area contributed by atoms with E-state index >= 15 is 0 Å². The third-order valence-corrected chi connectivity index (χ3v) is 1.45. The zero-order valence-electron chi connectivity index (χ0n) is 7.06. The Labute approximate surface area is 67.8 Å². The second-order valence-corrected chi connectivity index (χ2v) is 2.60. The second kappa shape index (κ2) is 7.54. The summed E-state index contributed by atoms with van der Waals surface area (Å²) < 4.78 is 0. The third kappa shape index (κ3) is 9.43. The van der Waals surface area contributed by atoms with Gasteiger partial charge in [-0.05, 0) is 12.8 Å². The summed E-state index contributed by atoms with van der Waals surface area (Å²) in [5.74, 6) is 0.0221. The van der Waals surface area contributed by atoms with Gasteiger partial charge >= 0.3 is 0 Å². The molecule has 0 aliphatic carbocycles. The van der Waals surface area contributed by atoms with Crippen LogP contribution in [0.4, 0.5) is 0 Å². The molecule has 1 radical (unpaired) electrons. The molecule has 0 aliphatic rings. The van der Waals surface area contributed by atoms with E-state index in [1.165, 1.54) is 6.92 Å². The highest BCUT2D eigenvalue weighted by molar-refractivity contribution is 5.72. The number of hydrogen-bond acceptors (Lipinski definition) is 1. The summed E-state index contributed by atoms with van der Waals surface area (Å²) in [7, 11) is 0. The average Bonchev–Trinajstić information content (AvgIpc) is 1.96. The van der Waals surface area contributed by atoms with Crippen LogP contribution < -0.4 is 5.32 Å². The number of unbranched alkanes of at least 4 members (excludes halogenated alkanes) is 3. The van der Waals surface area contributed by atoms with E-state index in [2.05, 4.69) is 5.32 Å². The van der Waals surface area contributed by atoms with Gasteiger partial charge in [0, 0.05) is 13.5 Å². The first-order chi connectivity index (χ1) is 5.27. The average molecular weight is 158 g/mol. The van der Waals surface area contributed by atoms with Crippen LogP contribution in [0.25, 0.3) is 0 Å². The van der Waals surface area contributed by atoms with Crippen molar-refractivity contribution < 1.29 is 9.90 Å². The van der Waals surface area contributed by atoms with Gasteiger partial charge in [-0.2, -0.15) is 0 Å². The quantitative estimate of drug-likeness (QED) is 0.578. The van der Waals surface area contributed by atoms with E-state index in [0.717, 1.165) is 32.2 Å². The monoisotopic (exact) mass is 158 g/mol. The number of carbonyl (C=O) groups excluding carboxylic acids is 1. The van der Waals surface area contributed by atoms with Crippen LogP contribution in [0.5, 0.6) is 0 Å². The van der Waals surface area contributed by atoms with Crippen molar-refractivity contribution in [2.75, 3.05) is 13.2 Å². The molecule has 0 aliphatic heterocycles. The standard InChI is InChI=1S/C8H16NO2/c1-8(11)9-6-4-2-3-5-7-10/h2-7H2,1H3,(H,9,11). The fourth-order valence-electron chi connectivity index (χ4n) is 0.845. The highest BCUT2D eigenvalue weighted by Crippen LogP contribution is 1.97. The van der Waals surface area contributed by atoms with Gasteiger partial charge in [0.25, 0.3) is 0 Å². The van der Waals surface area contributed by atoms with Crippen LogP contribution in [-0.4, -0.2) is 19.1 Å². The zero-order valence-corrected chi connectivity index (χ0v) is 7.06. The summed E-state index contributed by atoms with van der Waals surface area (Å²) in [6.07, 6.45) is 3.78. The predicted octanol–water partition coefficient (Wildman–Crippen LogP) is 1.11. The molecule has 0 aromatic rings. The van der Waals surface area contributed by atoms with Crippen molar-refractivity contribution in [1.82, 2.24) is 5.32 Å². The normalized spacial score (nSPS) is 9.64. The molecule has 1 amide bonds. The molecule has 0 saturated carbocycles. The number of carbonyl (C=O) groups is 1. The number of amides is 1. The Kier molecular flexibility index (Phi) is 7.15. The van der Waals surface area contributed by atoms with Crippen molar-refractivity contribution in [3.05, 3.63) is 0 Å². The van der Waals surface area contributed by atoms with Gasteiger partial charge in [-0.25, -0.2) is 5.11 Å². The van der Waals surface area contributed by atoms with Gasteiger partial charge in [0.15, 0.2) is 0 Å². The van der Waals surface area contributed by atoms with E-state index < -0.39 is 0 Å². The Bertz CT molecular complexity index is 104. The minimum absolute atomic E-state index is 0.0221. The molecular weight excluding hydrogens is 142 g/mol. The lowest BCUT2D eigenvalue weighted by Gasteiger charge is -2.00. The molecular formula is C8H16NO2. The van der Waals surface area contributed by atoms with Crippen molar-refractivity contribution in [2.45, 2.75) is 32.6 Å². The molecule has 0 unspecified atom stereocenters.